The van der Waals surface area contributed by atoms with Crippen LogP contribution in [0.5, 0.6) is 0 Å². The van der Waals surface area contributed by atoms with Gasteiger partial charge in [0.2, 0.25) is 11.8 Å². The smallest absolute Gasteiger partial charge is 0.259 e. The van der Waals surface area contributed by atoms with Gasteiger partial charge in [-0.15, -0.1) is 0 Å². The summed E-state index contributed by atoms with van der Waals surface area (Å²) in [6.45, 7) is 2.06. The Bertz CT molecular complexity index is 992. The van der Waals surface area contributed by atoms with E-state index in [1.165, 1.54) is 5.56 Å². The fraction of sp³-hybridized carbons (Fsp3) is 0.409. The van der Waals surface area contributed by atoms with Crippen LogP contribution < -0.4 is 15.5 Å². The van der Waals surface area contributed by atoms with Gasteiger partial charge in [-0.25, -0.2) is 0 Å². The van der Waals surface area contributed by atoms with Crippen molar-refractivity contribution in [1.82, 2.24) is 10.6 Å². The molecule has 3 aliphatic heterocycles. The number of piperidine rings is 1. The second-order valence-electron chi connectivity index (χ2n) is 7.92. The average molecular weight is 377 g/mol. The van der Waals surface area contributed by atoms with Crippen LogP contribution in [-0.2, 0) is 9.59 Å². The van der Waals surface area contributed by atoms with Crippen LogP contribution in [0.1, 0.15) is 53.9 Å². The average Bonchev–Trinajstić information content (AvgIpc) is 2.87. The monoisotopic (exact) mass is 377 g/mol. The van der Waals surface area contributed by atoms with Crippen LogP contribution in [-0.4, -0.2) is 36.9 Å². The molecule has 6 nitrogen and oxygen atoms in total. The zero-order chi connectivity index (χ0) is 19.3. The third-order valence-electron chi connectivity index (χ3n) is 6.30. The summed E-state index contributed by atoms with van der Waals surface area (Å²) in [5, 5.41) is 7.90. The summed E-state index contributed by atoms with van der Waals surface area (Å²) >= 11 is 0. The van der Waals surface area contributed by atoms with E-state index in [9.17, 15) is 14.4 Å². The first-order chi connectivity index (χ1) is 13.6. The van der Waals surface area contributed by atoms with Gasteiger partial charge in [-0.2, -0.15) is 0 Å². The summed E-state index contributed by atoms with van der Waals surface area (Å²) in [7, 11) is 0. The Morgan fingerprint density at radius 2 is 1.86 bits per heavy atom. The minimum absolute atomic E-state index is 0.144. The Labute approximate surface area is 163 Å². The Balaban J connectivity index is 1.60. The van der Waals surface area contributed by atoms with E-state index in [1.807, 2.05) is 18.2 Å². The molecule has 2 N–H and O–H groups in total. The molecule has 144 valence electrons. The van der Waals surface area contributed by atoms with E-state index in [0.717, 1.165) is 48.8 Å². The highest BCUT2D eigenvalue weighted by atomic mass is 16.2. The lowest BCUT2D eigenvalue weighted by Crippen LogP contribution is -2.53. The highest BCUT2D eigenvalue weighted by Crippen LogP contribution is 2.43. The number of imide groups is 1. The fourth-order valence-corrected chi connectivity index (χ4v) is 4.95. The fourth-order valence-electron chi connectivity index (χ4n) is 4.95. The van der Waals surface area contributed by atoms with Gasteiger partial charge in [0.15, 0.2) is 0 Å². The van der Waals surface area contributed by atoms with Crippen molar-refractivity contribution in [3.05, 3.63) is 41.5 Å². The molecule has 0 radical (unpaired) electrons. The van der Waals surface area contributed by atoms with Crippen molar-refractivity contribution in [2.24, 2.45) is 0 Å². The number of benzene rings is 2. The summed E-state index contributed by atoms with van der Waals surface area (Å²) in [4.78, 5) is 38.8. The van der Waals surface area contributed by atoms with Crippen LogP contribution in [0.2, 0.25) is 0 Å². The molecule has 0 bridgehead atoms. The molecule has 3 amide bonds. The zero-order valence-electron chi connectivity index (χ0n) is 15.7. The van der Waals surface area contributed by atoms with Crippen molar-refractivity contribution in [1.29, 1.82) is 0 Å². The molecule has 2 aromatic carbocycles. The number of carbonyl (C=O) groups is 3. The molecule has 2 unspecified atom stereocenters. The van der Waals surface area contributed by atoms with Gasteiger partial charge in [-0.1, -0.05) is 18.2 Å². The maximum Gasteiger partial charge on any atom is 0.259 e. The Hall–Kier alpha value is -2.73. The van der Waals surface area contributed by atoms with Crippen LogP contribution in [0.25, 0.3) is 10.8 Å². The van der Waals surface area contributed by atoms with Gasteiger partial charge >= 0.3 is 0 Å². The summed E-state index contributed by atoms with van der Waals surface area (Å²) in [5.41, 5.74) is 2.74. The van der Waals surface area contributed by atoms with Gasteiger partial charge in [0.05, 0.1) is 5.69 Å². The van der Waals surface area contributed by atoms with Gasteiger partial charge in [0.1, 0.15) is 6.04 Å². The molecule has 2 saturated heterocycles. The van der Waals surface area contributed by atoms with Gasteiger partial charge in [-0.3, -0.25) is 24.6 Å². The number of hydrogen-bond acceptors (Lipinski definition) is 4. The van der Waals surface area contributed by atoms with Crippen molar-refractivity contribution in [3.63, 3.8) is 0 Å². The number of anilines is 1. The van der Waals surface area contributed by atoms with Crippen LogP contribution >= 0.6 is 0 Å². The summed E-state index contributed by atoms with van der Waals surface area (Å²) in [6.07, 6.45) is 3.99. The molecular weight excluding hydrogens is 354 g/mol. The number of carbonyl (C=O) groups excluding carboxylic acids is 3. The number of hydrogen-bond donors (Lipinski definition) is 2. The number of nitrogens with zero attached hydrogens (tertiary/aromatic N) is 1. The van der Waals surface area contributed by atoms with Crippen molar-refractivity contribution >= 4 is 34.2 Å². The number of rotatable bonds is 2. The van der Waals surface area contributed by atoms with Gasteiger partial charge in [0, 0.05) is 17.4 Å². The van der Waals surface area contributed by atoms with Crippen molar-refractivity contribution in [2.45, 2.75) is 44.1 Å². The lowest BCUT2D eigenvalue weighted by molar-refractivity contribution is -0.134. The standard InChI is InChI=1S/C22H23N3O3/c26-19-9-8-18(21(27)24-19)25-17-5-1-4-15-14(13-3-2-11-23-12-10-13)6-7-16(20(15)17)22(25)28/h1,4-7,13,18,23H,2-3,8-12H2,(H,24,26,27). The third kappa shape index (κ3) is 2.63. The maximum atomic E-state index is 13.2. The molecular formula is C22H23N3O3. The van der Waals surface area contributed by atoms with Crippen molar-refractivity contribution in [3.8, 4) is 0 Å². The predicted octanol–water partition coefficient (Wildman–Crippen LogP) is 2.46. The van der Waals surface area contributed by atoms with Crippen LogP contribution in [0, 0.1) is 0 Å². The summed E-state index contributed by atoms with van der Waals surface area (Å²) in [6, 6.07) is 9.37. The lowest BCUT2D eigenvalue weighted by atomic mass is 9.87. The predicted molar refractivity (Wildman–Crippen MR) is 106 cm³/mol. The normalized spacial score (nSPS) is 25.1. The molecule has 3 aliphatic rings. The van der Waals surface area contributed by atoms with E-state index in [2.05, 4.69) is 22.8 Å². The van der Waals surface area contributed by atoms with Crippen LogP contribution in [0.3, 0.4) is 0 Å². The molecule has 28 heavy (non-hydrogen) atoms. The first-order valence-corrected chi connectivity index (χ1v) is 10.1. The Morgan fingerprint density at radius 3 is 2.71 bits per heavy atom. The second kappa shape index (κ2) is 6.71. The SMILES string of the molecule is O=C1CCC(N2C(=O)c3ccc(C4CCCNCC4)c4cccc2c34)C(=O)N1. The highest BCUT2D eigenvalue weighted by molar-refractivity contribution is 6.27. The van der Waals surface area contributed by atoms with Gasteiger partial charge in [-0.05, 0) is 67.8 Å². The minimum atomic E-state index is -0.631. The molecule has 0 aromatic heterocycles. The zero-order valence-corrected chi connectivity index (χ0v) is 15.7. The van der Waals surface area contributed by atoms with E-state index >= 15 is 0 Å². The highest BCUT2D eigenvalue weighted by Gasteiger charge is 2.41. The van der Waals surface area contributed by atoms with E-state index in [-0.39, 0.29) is 24.1 Å². The Kier molecular flexibility index (Phi) is 4.16. The van der Waals surface area contributed by atoms with Crippen molar-refractivity contribution in [2.75, 3.05) is 18.0 Å². The van der Waals surface area contributed by atoms with E-state index in [0.29, 0.717) is 17.9 Å². The van der Waals surface area contributed by atoms with E-state index in [4.69, 9.17) is 0 Å². The van der Waals surface area contributed by atoms with E-state index in [1.54, 1.807) is 4.90 Å². The third-order valence-corrected chi connectivity index (χ3v) is 6.30. The first-order valence-electron chi connectivity index (χ1n) is 10.1. The molecule has 2 fully saturated rings. The molecule has 2 aromatic rings. The largest absolute Gasteiger partial charge is 0.317 e. The molecule has 5 rings (SSSR count). The Morgan fingerprint density at radius 1 is 0.964 bits per heavy atom. The number of nitrogens with one attached hydrogen (secondary N) is 2. The quantitative estimate of drug-likeness (QED) is 0.788. The summed E-state index contributed by atoms with van der Waals surface area (Å²) in [5.74, 6) is -0.328. The topological polar surface area (TPSA) is 78.5 Å². The van der Waals surface area contributed by atoms with Gasteiger partial charge < -0.3 is 5.32 Å². The molecule has 2 atom stereocenters. The molecule has 0 aliphatic carbocycles. The minimum Gasteiger partial charge on any atom is -0.317 e. The molecule has 3 heterocycles. The first kappa shape index (κ1) is 17.4. The van der Waals surface area contributed by atoms with Crippen LogP contribution in [0.4, 0.5) is 5.69 Å². The summed E-state index contributed by atoms with van der Waals surface area (Å²) < 4.78 is 0. The lowest BCUT2D eigenvalue weighted by Gasteiger charge is -2.30. The second-order valence-corrected chi connectivity index (χ2v) is 7.92. The maximum absolute atomic E-state index is 13.2. The molecule has 6 heteroatoms. The molecule has 0 saturated carbocycles. The van der Waals surface area contributed by atoms with E-state index < -0.39 is 6.04 Å². The molecule has 0 spiro atoms. The van der Waals surface area contributed by atoms with Gasteiger partial charge in [0.25, 0.3) is 5.91 Å². The van der Waals surface area contributed by atoms with Crippen molar-refractivity contribution < 1.29 is 14.4 Å². The van der Waals surface area contributed by atoms with Crippen LogP contribution in [0.15, 0.2) is 30.3 Å². The number of amides is 3.